The summed E-state index contributed by atoms with van der Waals surface area (Å²) in [6.07, 6.45) is 0. The van der Waals surface area contributed by atoms with E-state index in [2.05, 4.69) is 15.4 Å². The number of rotatable bonds is 10. The Morgan fingerprint density at radius 3 is 2.21 bits per heavy atom. The molecule has 0 aliphatic heterocycles. The van der Waals surface area contributed by atoms with Crippen molar-refractivity contribution in [3.8, 4) is 5.75 Å². The maximum Gasteiger partial charge on any atom is 0.319 e. The molecule has 0 saturated heterocycles. The molecule has 2 aromatic rings. The van der Waals surface area contributed by atoms with Crippen LogP contribution in [-0.4, -0.2) is 41.8 Å². The molecule has 0 spiro atoms. The Bertz CT molecular complexity index is 852. The summed E-state index contributed by atoms with van der Waals surface area (Å²) < 4.78 is 35.7. The zero-order valence-corrected chi connectivity index (χ0v) is 16.7. The lowest BCUT2D eigenvalue weighted by Crippen LogP contribution is -2.28. The number of benzene rings is 2. The summed E-state index contributed by atoms with van der Waals surface area (Å²) in [7, 11) is -0.308. The predicted molar refractivity (Wildman–Crippen MR) is 108 cm³/mol. The first-order chi connectivity index (χ1) is 13.4. The fourth-order valence-electron chi connectivity index (χ4n) is 2.28. The van der Waals surface area contributed by atoms with Gasteiger partial charge in [0.2, 0.25) is 10.0 Å². The predicted octanol–water partition coefficient (Wildman–Crippen LogP) is 2.08. The van der Waals surface area contributed by atoms with E-state index in [1.165, 1.54) is 7.05 Å². The van der Waals surface area contributed by atoms with Gasteiger partial charge >= 0.3 is 6.03 Å². The Kier molecular flexibility index (Phi) is 8.24. The molecule has 0 aliphatic rings. The number of ether oxygens (including phenoxy) is 2. The highest BCUT2D eigenvalue weighted by atomic mass is 32.2. The Balaban J connectivity index is 1.79. The number of hydrogen-bond acceptors (Lipinski definition) is 5. The number of urea groups is 1. The highest BCUT2D eigenvalue weighted by Gasteiger charge is 2.08. The second-order valence-electron chi connectivity index (χ2n) is 5.95. The molecule has 0 aliphatic carbocycles. The fourth-order valence-corrected chi connectivity index (χ4v) is 3.06. The third-order valence-electron chi connectivity index (χ3n) is 3.81. The topological polar surface area (TPSA) is 106 Å². The number of nitrogens with one attached hydrogen (secondary N) is 3. The molecule has 2 amide bonds. The van der Waals surface area contributed by atoms with E-state index in [0.717, 1.165) is 5.56 Å². The van der Waals surface area contributed by atoms with Crippen molar-refractivity contribution < 1.29 is 22.7 Å². The van der Waals surface area contributed by atoms with Crippen molar-refractivity contribution >= 4 is 21.7 Å². The second kappa shape index (κ2) is 10.6. The average molecular weight is 407 g/mol. The van der Waals surface area contributed by atoms with E-state index >= 15 is 0 Å². The highest BCUT2D eigenvalue weighted by Crippen LogP contribution is 2.15. The first-order valence-electron chi connectivity index (χ1n) is 8.67. The number of amides is 2. The summed E-state index contributed by atoms with van der Waals surface area (Å²) in [4.78, 5) is 12.0. The van der Waals surface area contributed by atoms with Gasteiger partial charge in [0, 0.05) is 19.3 Å². The van der Waals surface area contributed by atoms with Gasteiger partial charge in [0.05, 0.1) is 12.4 Å². The maximum atomic E-state index is 12.0. The molecule has 3 N–H and O–H groups in total. The molecule has 28 heavy (non-hydrogen) atoms. The van der Waals surface area contributed by atoms with Crippen LogP contribution in [0.4, 0.5) is 10.5 Å². The molecular formula is C19H25N3O5S. The molecule has 8 nitrogen and oxygen atoms in total. The van der Waals surface area contributed by atoms with Gasteiger partial charge in [0.1, 0.15) is 12.4 Å². The molecule has 152 valence electrons. The number of carbonyl (C=O) groups excluding carboxylic acids is 1. The Morgan fingerprint density at radius 1 is 0.964 bits per heavy atom. The molecule has 0 aromatic heterocycles. The van der Waals surface area contributed by atoms with Crippen molar-refractivity contribution in [2.75, 3.05) is 32.7 Å². The van der Waals surface area contributed by atoms with Crippen molar-refractivity contribution in [1.82, 2.24) is 10.0 Å². The monoisotopic (exact) mass is 407 g/mol. The van der Waals surface area contributed by atoms with Crippen LogP contribution < -0.4 is 20.1 Å². The number of methoxy groups -OCH3 is 1. The third-order valence-corrected chi connectivity index (χ3v) is 5.15. The van der Waals surface area contributed by atoms with Gasteiger partial charge in [-0.15, -0.1) is 0 Å². The van der Waals surface area contributed by atoms with Crippen LogP contribution in [0.25, 0.3) is 0 Å². The zero-order valence-electron chi connectivity index (χ0n) is 15.9. The lowest BCUT2D eigenvalue weighted by Gasteiger charge is -2.10. The Morgan fingerprint density at radius 2 is 1.61 bits per heavy atom. The number of anilines is 1. The van der Waals surface area contributed by atoms with E-state index in [0.29, 0.717) is 36.8 Å². The van der Waals surface area contributed by atoms with Crippen LogP contribution in [-0.2, 0) is 27.1 Å². The van der Waals surface area contributed by atoms with E-state index in [4.69, 9.17) is 9.47 Å². The molecule has 0 atom stereocenters. The Labute approximate surface area is 165 Å². The first kappa shape index (κ1) is 21.7. The van der Waals surface area contributed by atoms with Crippen LogP contribution in [0.2, 0.25) is 0 Å². The Hall–Kier alpha value is -2.62. The van der Waals surface area contributed by atoms with Gasteiger partial charge in [-0.25, -0.2) is 17.9 Å². The van der Waals surface area contributed by atoms with Crippen LogP contribution >= 0.6 is 0 Å². The van der Waals surface area contributed by atoms with Crippen LogP contribution in [0.5, 0.6) is 5.75 Å². The standard InChI is InChI=1S/C19H25N3O5S/c1-20-28(24,25)14-16-5-3-15(4-6-16)13-21-19(23)22-17-7-9-18(10-8-17)27-12-11-26-2/h3-10,20H,11-14H2,1-2H3,(H2,21,22,23). The van der Waals surface area contributed by atoms with E-state index < -0.39 is 10.0 Å². The molecule has 0 radical (unpaired) electrons. The summed E-state index contributed by atoms with van der Waals surface area (Å²) in [5.41, 5.74) is 2.18. The summed E-state index contributed by atoms with van der Waals surface area (Å²) in [5.74, 6) is 0.617. The molecule has 0 fully saturated rings. The van der Waals surface area contributed by atoms with E-state index in [1.54, 1.807) is 55.6 Å². The lowest BCUT2D eigenvalue weighted by molar-refractivity contribution is 0.146. The fraction of sp³-hybridized carbons (Fsp3) is 0.316. The summed E-state index contributed by atoms with van der Waals surface area (Å²) >= 11 is 0. The summed E-state index contributed by atoms with van der Waals surface area (Å²) in [6, 6.07) is 13.7. The maximum absolute atomic E-state index is 12.0. The van der Waals surface area contributed by atoms with Crippen molar-refractivity contribution in [1.29, 1.82) is 0 Å². The molecule has 9 heteroatoms. The number of hydrogen-bond donors (Lipinski definition) is 3. The second-order valence-corrected chi connectivity index (χ2v) is 7.88. The number of carbonyl (C=O) groups is 1. The van der Waals surface area contributed by atoms with Gasteiger partial charge in [-0.3, -0.25) is 0 Å². The molecule has 2 rings (SSSR count). The quantitative estimate of drug-likeness (QED) is 0.523. The smallest absolute Gasteiger partial charge is 0.319 e. The van der Waals surface area contributed by atoms with Crippen LogP contribution in [0.3, 0.4) is 0 Å². The minimum atomic E-state index is -3.30. The minimum Gasteiger partial charge on any atom is -0.491 e. The number of sulfonamides is 1. The molecule has 0 heterocycles. The minimum absolute atomic E-state index is 0.0805. The highest BCUT2D eigenvalue weighted by molar-refractivity contribution is 7.88. The lowest BCUT2D eigenvalue weighted by atomic mass is 10.1. The summed E-state index contributed by atoms with van der Waals surface area (Å²) in [5, 5.41) is 5.49. The third kappa shape index (κ3) is 7.55. The van der Waals surface area contributed by atoms with Gasteiger partial charge in [0.15, 0.2) is 0 Å². The van der Waals surface area contributed by atoms with Gasteiger partial charge < -0.3 is 20.1 Å². The molecule has 0 bridgehead atoms. The van der Waals surface area contributed by atoms with Gasteiger partial charge in [-0.05, 0) is 42.4 Å². The normalized spacial score (nSPS) is 11.1. The van der Waals surface area contributed by atoms with Crippen LogP contribution in [0, 0.1) is 0 Å². The van der Waals surface area contributed by atoms with E-state index in [9.17, 15) is 13.2 Å². The molecule has 0 unspecified atom stereocenters. The van der Waals surface area contributed by atoms with Crippen molar-refractivity contribution in [2.24, 2.45) is 0 Å². The molecule has 0 saturated carbocycles. The van der Waals surface area contributed by atoms with E-state index in [1.807, 2.05) is 0 Å². The molecular weight excluding hydrogens is 382 g/mol. The largest absolute Gasteiger partial charge is 0.491 e. The SMILES string of the molecule is CNS(=O)(=O)Cc1ccc(CNC(=O)Nc2ccc(OCCOC)cc2)cc1. The van der Waals surface area contributed by atoms with Gasteiger partial charge in [-0.1, -0.05) is 24.3 Å². The van der Waals surface area contributed by atoms with Crippen LogP contribution in [0.15, 0.2) is 48.5 Å². The van der Waals surface area contributed by atoms with Crippen LogP contribution in [0.1, 0.15) is 11.1 Å². The zero-order chi connectivity index (χ0) is 20.4. The van der Waals surface area contributed by atoms with Crippen molar-refractivity contribution in [2.45, 2.75) is 12.3 Å². The van der Waals surface area contributed by atoms with E-state index in [-0.39, 0.29) is 11.8 Å². The molecule has 2 aromatic carbocycles. The van der Waals surface area contributed by atoms with Gasteiger partial charge in [0.25, 0.3) is 0 Å². The summed E-state index contributed by atoms with van der Waals surface area (Å²) in [6.45, 7) is 1.29. The van der Waals surface area contributed by atoms with Gasteiger partial charge in [-0.2, -0.15) is 0 Å². The average Bonchev–Trinajstić information content (AvgIpc) is 2.69. The first-order valence-corrected chi connectivity index (χ1v) is 10.3. The van der Waals surface area contributed by atoms with Crippen molar-refractivity contribution in [3.63, 3.8) is 0 Å². The van der Waals surface area contributed by atoms with Crippen molar-refractivity contribution in [3.05, 3.63) is 59.7 Å².